The number of hydrogen-bond acceptors (Lipinski definition) is 2. The number of carboxylic acid groups (broad SMARTS) is 1. The maximum atomic E-state index is 11.5. The van der Waals surface area contributed by atoms with Crippen LogP contribution in [0.5, 0.6) is 0 Å². The number of imidazole rings is 1. The highest BCUT2D eigenvalue weighted by atomic mass is 35.5. The minimum atomic E-state index is -1.07. The molecule has 0 aliphatic carbocycles. The molecule has 0 saturated carbocycles. The number of carboxylic acids is 1. The van der Waals surface area contributed by atoms with E-state index in [1.807, 2.05) is 0 Å². The summed E-state index contributed by atoms with van der Waals surface area (Å²) in [6.07, 6.45) is 1.53. The van der Waals surface area contributed by atoms with Crippen molar-refractivity contribution in [3.63, 3.8) is 0 Å². The maximum absolute atomic E-state index is 11.5. The van der Waals surface area contributed by atoms with Crippen molar-refractivity contribution in [1.82, 2.24) is 9.38 Å². The highest BCUT2D eigenvalue weighted by Crippen LogP contribution is 2.26. The molecule has 0 unspecified atom stereocenters. The van der Waals surface area contributed by atoms with E-state index in [0.29, 0.717) is 26.9 Å². The predicted molar refractivity (Wildman–Crippen MR) is 77.6 cm³/mol. The Morgan fingerprint density at radius 1 is 1.05 bits per heavy atom. The minimum Gasteiger partial charge on any atom is -0.476 e. The number of rotatable bonds is 2. The van der Waals surface area contributed by atoms with Gasteiger partial charge in [-0.05, 0) is 24.3 Å². The predicted octanol–water partition coefficient (Wildman–Crippen LogP) is 4.01. The lowest BCUT2D eigenvalue weighted by Crippen LogP contribution is -2.03. The van der Waals surface area contributed by atoms with E-state index >= 15 is 0 Å². The average Bonchev–Trinajstić information content (AvgIpc) is 2.78. The van der Waals surface area contributed by atoms with Crippen LogP contribution in [0, 0.1) is 0 Å². The first kappa shape index (κ1) is 13.0. The highest BCUT2D eigenvalue weighted by molar-refractivity contribution is 6.30. The molecule has 1 N–H and O–H groups in total. The third kappa shape index (κ3) is 2.13. The third-order valence-electron chi connectivity index (χ3n) is 2.90. The molecule has 3 aromatic rings. The molecular weight excluding hydrogens is 299 g/mol. The molecule has 0 saturated heterocycles. The van der Waals surface area contributed by atoms with Gasteiger partial charge in [-0.15, -0.1) is 0 Å². The summed E-state index contributed by atoms with van der Waals surface area (Å²) in [4.78, 5) is 15.9. The van der Waals surface area contributed by atoms with Crippen LogP contribution in [0.25, 0.3) is 16.9 Å². The van der Waals surface area contributed by atoms with Gasteiger partial charge in [0.25, 0.3) is 0 Å². The Hall–Kier alpha value is -2.04. The second kappa shape index (κ2) is 4.81. The van der Waals surface area contributed by atoms with Gasteiger partial charge in [-0.2, -0.15) is 0 Å². The number of nitrogens with zero attached hydrogens (tertiary/aromatic N) is 2. The van der Waals surface area contributed by atoms with Crippen molar-refractivity contribution in [2.75, 3.05) is 0 Å². The molecule has 0 aliphatic heterocycles. The Morgan fingerprint density at radius 3 is 2.35 bits per heavy atom. The fraction of sp³-hybridized carbons (Fsp3) is 0. The first-order chi connectivity index (χ1) is 9.56. The zero-order valence-electron chi connectivity index (χ0n) is 10.0. The number of fused-ring (bicyclic) bond motifs is 1. The Balaban J connectivity index is 2.32. The number of aromatic nitrogens is 2. The molecule has 2 aromatic heterocycles. The molecule has 0 aliphatic rings. The second-order valence-electron chi connectivity index (χ2n) is 4.20. The molecule has 2 heterocycles. The lowest BCUT2D eigenvalue weighted by atomic mass is 10.1. The highest BCUT2D eigenvalue weighted by Gasteiger charge is 2.19. The summed E-state index contributed by atoms with van der Waals surface area (Å²) in [7, 11) is 0. The molecule has 3 rings (SSSR count). The van der Waals surface area contributed by atoms with E-state index in [1.165, 1.54) is 10.6 Å². The molecule has 0 fully saturated rings. The van der Waals surface area contributed by atoms with E-state index in [0.717, 1.165) is 0 Å². The van der Waals surface area contributed by atoms with Crippen LogP contribution < -0.4 is 0 Å². The smallest absolute Gasteiger partial charge is 0.355 e. The molecule has 0 spiro atoms. The van der Waals surface area contributed by atoms with Crippen LogP contribution in [0.1, 0.15) is 10.5 Å². The Kier molecular flexibility index (Phi) is 3.12. The number of hydrogen-bond donors (Lipinski definition) is 1. The maximum Gasteiger partial charge on any atom is 0.355 e. The Labute approximate surface area is 124 Å². The SMILES string of the molecule is O=C(O)c1c(-c2ccc(Cl)cc2)nc2ccc(Cl)cn12. The first-order valence-corrected chi connectivity index (χ1v) is 6.48. The number of pyridine rings is 1. The van der Waals surface area contributed by atoms with Gasteiger partial charge in [0.1, 0.15) is 11.3 Å². The molecule has 0 bridgehead atoms. The van der Waals surface area contributed by atoms with E-state index in [4.69, 9.17) is 23.2 Å². The number of benzene rings is 1. The van der Waals surface area contributed by atoms with Crippen LogP contribution in [0.15, 0.2) is 42.6 Å². The third-order valence-corrected chi connectivity index (χ3v) is 3.38. The number of aromatic carboxylic acids is 1. The first-order valence-electron chi connectivity index (χ1n) is 5.73. The number of carbonyl (C=O) groups is 1. The quantitative estimate of drug-likeness (QED) is 0.778. The monoisotopic (exact) mass is 306 g/mol. The summed E-state index contributed by atoms with van der Waals surface area (Å²) >= 11 is 11.8. The van der Waals surface area contributed by atoms with Crippen LogP contribution in [-0.2, 0) is 0 Å². The van der Waals surface area contributed by atoms with Crippen molar-refractivity contribution in [1.29, 1.82) is 0 Å². The van der Waals surface area contributed by atoms with Crippen molar-refractivity contribution in [2.24, 2.45) is 0 Å². The fourth-order valence-corrected chi connectivity index (χ4v) is 2.32. The molecule has 100 valence electrons. The van der Waals surface area contributed by atoms with Crippen LogP contribution >= 0.6 is 23.2 Å². The minimum absolute atomic E-state index is 0.0739. The summed E-state index contributed by atoms with van der Waals surface area (Å²) in [6, 6.07) is 10.2. The van der Waals surface area contributed by atoms with E-state index < -0.39 is 5.97 Å². The number of halogens is 2. The molecule has 0 amide bonds. The molecule has 0 radical (unpaired) electrons. The summed E-state index contributed by atoms with van der Waals surface area (Å²) < 4.78 is 1.47. The summed E-state index contributed by atoms with van der Waals surface area (Å²) in [5.41, 5.74) is 1.67. The normalized spacial score (nSPS) is 10.9. The zero-order chi connectivity index (χ0) is 14.3. The summed E-state index contributed by atoms with van der Waals surface area (Å²) in [5.74, 6) is -1.07. The standard InChI is InChI=1S/C14H8Cl2N2O2/c15-9-3-1-8(2-4-9)12-13(14(19)20)18-7-10(16)5-6-11(18)17-12/h1-7H,(H,19,20). The molecular formula is C14H8Cl2N2O2. The van der Waals surface area contributed by atoms with Gasteiger partial charge >= 0.3 is 5.97 Å². The van der Waals surface area contributed by atoms with Gasteiger partial charge in [-0.25, -0.2) is 9.78 Å². The molecule has 20 heavy (non-hydrogen) atoms. The lowest BCUT2D eigenvalue weighted by molar-refractivity contribution is 0.0690. The van der Waals surface area contributed by atoms with E-state index in [9.17, 15) is 9.90 Å². The van der Waals surface area contributed by atoms with Crippen LogP contribution in [0.2, 0.25) is 10.0 Å². The Morgan fingerprint density at radius 2 is 1.70 bits per heavy atom. The van der Waals surface area contributed by atoms with Gasteiger partial charge in [-0.1, -0.05) is 35.3 Å². The Bertz CT molecular complexity index is 810. The van der Waals surface area contributed by atoms with Gasteiger partial charge in [0.05, 0.1) is 5.02 Å². The van der Waals surface area contributed by atoms with E-state index in [-0.39, 0.29) is 5.69 Å². The van der Waals surface area contributed by atoms with E-state index in [2.05, 4.69) is 4.98 Å². The van der Waals surface area contributed by atoms with Crippen molar-refractivity contribution < 1.29 is 9.90 Å². The molecule has 1 aromatic carbocycles. The van der Waals surface area contributed by atoms with Crippen molar-refractivity contribution in [2.45, 2.75) is 0 Å². The van der Waals surface area contributed by atoms with Crippen molar-refractivity contribution >= 4 is 34.8 Å². The molecule has 0 atom stereocenters. The summed E-state index contributed by atoms with van der Waals surface area (Å²) in [6.45, 7) is 0. The average molecular weight is 307 g/mol. The van der Waals surface area contributed by atoms with Crippen molar-refractivity contribution in [3.8, 4) is 11.3 Å². The van der Waals surface area contributed by atoms with Gasteiger partial charge in [0, 0.05) is 16.8 Å². The second-order valence-corrected chi connectivity index (χ2v) is 5.07. The molecule has 4 nitrogen and oxygen atoms in total. The van der Waals surface area contributed by atoms with Gasteiger partial charge in [0.15, 0.2) is 5.69 Å². The lowest BCUT2D eigenvalue weighted by Gasteiger charge is -2.01. The van der Waals surface area contributed by atoms with Crippen molar-refractivity contribution in [3.05, 3.63) is 58.3 Å². The van der Waals surface area contributed by atoms with E-state index in [1.54, 1.807) is 36.4 Å². The van der Waals surface area contributed by atoms with Gasteiger partial charge < -0.3 is 5.11 Å². The summed E-state index contributed by atoms with van der Waals surface area (Å²) in [5, 5.41) is 10.5. The van der Waals surface area contributed by atoms with Crippen LogP contribution in [0.3, 0.4) is 0 Å². The largest absolute Gasteiger partial charge is 0.476 e. The van der Waals surface area contributed by atoms with Crippen LogP contribution in [-0.4, -0.2) is 20.5 Å². The van der Waals surface area contributed by atoms with Crippen LogP contribution in [0.4, 0.5) is 0 Å². The fourth-order valence-electron chi connectivity index (χ4n) is 2.03. The topological polar surface area (TPSA) is 54.6 Å². The van der Waals surface area contributed by atoms with Gasteiger partial charge in [-0.3, -0.25) is 4.40 Å². The molecule has 6 heteroatoms. The zero-order valence-corrected chi connectivity index (χ0v) is 11.6. The van der Waals surface area contributed by atoms with Gasteiger partial charge in [0.2, 0.25) is 0 Å².